The fraction of sp³-hybridized carbons (Fsp3) is 0.371. The van der Waals surface area contributed by atoms with Crippen LogP contribution in [-0.4, -0.2) is 51.4 Å². The van der Waals surface area contributed by atoms with Gasteiger partial charge in [0.05, 0.1) is 6.61 Å². The Morgan fingerprint density at radius 1 is 0.857 bits per heavy atom. The van der Waals surface area contributed by atoms with Gasteiger partial charge in [-0.05, 0) is 105 Å². The Kier molecular flexibility index (Phi) is 13.9. The third-order valence-electron chi connectivity index (χ3n) is 7.86. The van der Waals surface area contributed by atoms with Gasteiger partial charge in [-0.1, -0.05) is 6.07 Å². The number of ketones is 1. The van der Waals surface area contributed by atoms with Crippen molar-refractivity contribution in [3.63, 3.8) is 0 Å². The van der Waals surface area contributed by atoms with E-state index in [2.05, 4.69) is 20.5 Å². The average molecular weight is 712 g/mol. The number of phenolic OH excluding ortho intramolecular Hbond substituents is 1. The summed E-state index contributed by atoms with van der Waals surface area (Å²) in [7, 11) is -4.50. The number of hydrogen-bond acceptors (Lipinski definition) is 8. The summed E-state index contributed by atoms with van der Waals surface area (Å²) in [5.74, 6) is 0.456. The summed E-state index contributed by atoms with van der Waals surface area (Å²) in [5, 5.41) is 20.7. The van der Waals surface area contributed by atoms with Crippen molar-refractivity contribution in [1.29, 1.82) is 0 Å². The predicted molar refractivity (Wildman–Crippen MR) is 193 cm³/mol. The highest BCUT2D eigenvalue weighted by Crippen LogP contribution is 2.42. The van der Waals surface area contributed by atoms with E-state index >= 15 is 0 Å². The van der Waals surface area contributed by atoms with Gasteiger partial charge in [0.2, 0.25) is 5.91 Å². The maximum atomic E-state index is 12.1. The molecule has 0 spiro atoms. The summed E-state index contributed by atoms with van der Waals surface area (Å²) in [4.78, 5) is 53.2. The zero-order chi connectivity index (χ0) is 35.4. The van der Waals surface area contributed by atoms with Crippen LogP contribution in [0.5, 0.6) is 5.75 Å². The number of carbonyl (C=O) groups excluding carboxylic acids is 2. The van der Waals surface area contributed by atoms with Gasteiger partial charge in [-0.2, -0.15) is 0 Å². The number of amides is 1. The lowest BCUT2D eigenvalue weighted by molar-refractivity contribution is -0.122. The predicted octanol–water partition coefficient (Wildman–Crippen LogP) is 6.17. The second-order valence-corrected chi connectivity index (χ2v) is 13.5. The van der Waals surface area contributed by atoms with E-state index in [1.165, 1.54) is 12.1 Å². The summed E-state index contributed by atoms with van der Waals surface area (Å²) >= 11 is 5.50. The number of hydrogen-bond donors (Lipinski definition) is 6. The van der Waals surface area contributed by atoms with Gasteiger partial charge in [-0.15, -0.1) is 0 Å². The highest BCUT2D eigenvalue weighted by molar-refractivity contribution is 7.80. The Morgan fingerprint density at radius 2 is 1.57 bits per heavy atom. The van der Waals surface area contributed by atoms with Crippen molar-refractivity contribution in [2.75, 3.05) is 25.0 Å². The van der Waals surface area contributed by atoms with Crippen LogP contribution < -0.4 is 21.4 Å². The molecule has 0 atom stereocenters. The molecule has 1 amide bonds. The van der Waals surface area contributed by atoms with Crippen molar-refractivity contribution in [2.45, 2.75) is 64.7 Å². The molecule has 1 aliphatic carbocycles. The summed E-state index contributed by atoms with van der Waals surface area (Å²) in [6, 6.07) is 15.6. The van der Waals surface area contributed by atoms with Crippen LogP contribution in [0.4, 0.5) is 5.69 Å². The first-order valence-corrected chi connectivity index (χ1v) is 18.2. The Morgan fingerprint density at radius 3 is 2.33 bits per heavy atom. The standard InChI is InChI=1S/C35H42N3O9PS/c1-23-20-24(11-14-28(23)34-29-15-12-26(40)21-31(29)47-32-22-27(41)13-16-30(32)34)38-35(49)37-18-6-2-5-17-36-33(42)10-4-3-8-25(39)9-7-19-46-48(43,44)45/h11-16,20-22,40H,2-10,17-19H2,1H3,(H,36,42)(H2,37,38,49)(H2,43,44,45). The first-order chi connectivity index (χ1) is 23.4. The number of benzene rings is 3. The van der Waals surface area contributed by atoms with Gasteiger partial charge < -0.3 is 35.3 Å². The minimum Gasteiger partial charge on any atom is -0.508 e. The van der Waals surface area contributed by atoms with E-state index in [1.54, 1.807) is 18.2 Å². The van der Waals surface area contributed by atoms with Gasteiger partial charge in [0, 0.05) is 66.7 Å². The van der Waals surface area contributed by atoms with Crippen molar-refractivity contribution >= 4 is 53.5 Å². The minimum atomic E-state index is -4.50. The number of Topliss-reactive ketones (excluding diaryl/α,β-unsaturated/α-hetero) is 1. The molecule has 0 aromatic heterocycles. The van der Waals surface area contributed by atoms with E-state index in [-0.39, 0.29) is 42.3 Å². The normalized spacial score (nSPS) is 11.5. The second-order valence-electron chi connectivity index (χ2n) is 11.8. The number of fused-ring (bicyclic) bond motifs is 2. The quantitative estimate of drug-likeness (QED) is 0.0299. The number of phosphoric ester groups is 1. The topological polar surface area (TPSA) is 187 Å². The summed E-state index contributed by atoms with van der Waals surface area (Å²) in [6.07, 6.45) is 4.90. The molecule has 0 bridgehead atoms. The van der Waals surface area contributed by atoms with Crippen LogP contribution in [0.1, 0.15) is 63.4 Å². The molecule has 4 rings (SSSR count). The average Bonchev–Trinajstić information content (AvgIpc) is 3.03. The molecule has 0 fully saturated rings. The van der Waals surface area contributed by atoms with Crippen LogP contribution >= 0.6 is 20.0 Å². The van der Waals surface area contributed by atoms with Crippen LogP contribution in [0.2, 0.25) is 0 Å². The number of unbranched alkanes of at least 4 members (excludes halogenated alkanes) is 3. The number of thiocarbonyl (C=S) groups is 1. The van der Waals surface area contributed by atoms with Crippen LogP contribution in [0.25, 0.3) is 33.4 Å². The fourth-order valence-corrected chi connectivity index (χ4v) is 6.06. The number of carbonyl (C=O) groups is 2. The van der Waals surface area contributed by atoms with Crippen molar-refractivity contribution in [3.8, 4) is 28.2 Å². The van der Waals surface area contributed by atoms with Gasteiger partial charge >= 0.3 is 7.82 Å². The van der Waals surface area contributed by atoms with Crippen LogP contribution in [0.3, 0.4) is 0 Å². The van der Waals surface area contributed by atoms with E-state index in [1.807, 2.05) is 31.2 Å². The number of nitrogens with one attached hydrogen (secondary N) is 3. The van der Waals surface area contributed by atoms with Gasteiger partial charge in [-0.3, -0.25) is 18.9 Å². The molecule has 0 radical (unpaired) electrons. The summed E-state index contributed by atoms with van der Waals surface area (Å²) < 4.78 is 20.9. The van der Waals surface area contributed by atoms with E-state index in [0.29, 0.717) is 55.2 Å². The van der Waals surface area contributed by atoms with Crippen LogP contribution in [-0.2, 0) is 18.7 Å². The molecule has 12 nitrogen and oxygen atoms in total. The number of aromatic hydroxyl groups is 1. The van der Waals surface area contributed by atoms with E-state index < -0.39 is 7.82 Å². The molecule has 14 heteroatoms. The zero-order valence-corrected chi connectivity index (χ0v) is 29.0. The summed E-state index contributed by atoms with van der Waals surface area (Å²) in [6.45, 7) is 3.08. The maximum absolute atomic E-state index is 12.1. The summed E-state index contributed by atoms with van der Waals surface area (Å²) in [5.41, 5.74) is 4.80. The van der Waals surface area contributed by atoms with Crippen molar-refractivity contribution in [2.24, 2.45) is 0 Å². The molecule has 2 aromatic carbocycles. The highest BCUT2D eigenvalue weighted by atomic mass is 32.1. The van der Waals surface area contributed by atoms with Crippen LogP contribution in [0.15, 0.2) is 63.8 Å². The molecule has 1 aliphatic heterocycles. The Labute approximate surface area is 289 Å². The number of phenols is 1. The molecule has 0 saturated heterocycles. The van der Waals surface area contributed by atoms with Gasteiger partial charge in [-0.25, -0.2) is 4.57 Å². The van der Waals surface area contributed by atoms with E-state index in [4.69, 9.17) is 26.4 Å². The first kappa shape index (κ1) is 37.7. The molecular formula is C35H42N3O9PS. The molecule has 262 valence electrons. The van der Waals surface area contributed by atoms with Crippen molar-refractivity contribution < 1.29 is 38.0 Å². The van der Waals surface area contributed by atoms with E-state index in [0.717, 1.165) is 52.6 Å². The van der Waals surface area contributed by atoms with Crippen molar-refractivity contribution in [3.05, 3.63) is 70.4 Å². The SMILES string of the molecule is Cc1cc(NC(=S)NCCCCCNC(=O)CCCCC(=O)CCCOP(=O)(O)O)ccc1-c1c2ccc(=O)cc-2oc2cc(O)ccc12. The molecule has 6 N–H and O–H groups in total. The van der Waals surface area contributed by atoms with Crippen molar-refractivity contribution in [1.82, 2.24) is 10.6 Å². The molecule has 2 aliphatic rings. The first-order valence-electron chi connectivity index (χ1n) is 16.2. The second kappa shape index (κ2) is 18.0. The third kappa shape index (κ3) is 12.1. The van der Waals surface area contributed by atoms with E-state index in [9.17, 15) is 24.1 Å². The molecular weight excluding hydrogens is 669 g/mol. The lowest BCUT2D eigenvalue weighted by atomic mass is 9.91. The van der Waals surface area contributed by atoms with Gasteiger partial charge in [0.1, 0.15) is 22.9 Å². The van der Waals surface area contributed by atoms with Gasteiger partial charge in [0.15, 0.2) is 10.5 Å². The minimum absolute atomic E-state index is 0.0155. The lowest BCUT2D eigenvalue weighted by Crippen LogP contribution is -2.29. The Hall–Kier alpha value is -4.13. The number of aryl methyl sites for hydroxylation is 1. The molecule has 49 heavy (non-hydrogen) atoms. The monoisotopic (exact) mass is 711 g/mol. The maximum Gasteiger partial charge on any atom is 0.469 e. The number of anilines is 1. The third-order valence-corrected chi connectivity index (χ3v) is 8.63. The highest BCUT2D eigenvalue weighted by Gasteiger charge is 2.19. The molecule has 2 aromatic rings. The Balaban J connectivity index is 1.13. The molecule has 0 unspecified atom stereocenters. The number of rotatable bonds is 18. The number of phosphoric acid groups is 1. The van der Waals surface area contributed by atoms with Gasteiger partial charge in [0.25, 0.3) is 0 Å². The smallest absolute Gasteiger partial charge is 0.469 e. The zero-order valence-electron chi connectivity index (χ0n) is 27.3. The molecule has 0 saturated carbocycles. The lowest BCUT2D eigenvalue weighted by Gasteiger charge is -2.18. The fourth-order valence-electron chi connectivity index (χ4n) is 5.48. The molecule has 1 heterocycles. The largest absolute Gasteiger partial charge is 0.508 e. The van der Waals surface area contributed by atoms with Crippen LogP contribution in [0, 0.1) is 6.92 Å². The Bertz CT molecular complexity index is 1860.